The van der Waals surface area contributed by atoms with Crippen LogP contribution in [-0.4, -0.2) is 19.3 Å². The molecule has 0 aliphatic carbocycles. The highest BCUT2D eigenvalue weighted by Gasteiger charge is 2.16. The van der Waals surface area contributed by atoms with Gasteiger partial charge in [0.05, 0.1) is 18.3 Å². The van der Waals surface area contributed by atoms with E-state index in [9.17, 15) is 8.78 Å². The van der Waals surface area contributed by atoms with Gasteiger partial charge in [-0.2, -0.15) is 0 Å². The topological polar surface area (TPSA) is 21.3 Å². The molecule has 2 rings (SSSR count). The molecule has 0 radical (unpaired) electrons. The molecule has 0 aromatic heterocycles. The third kappa shape index (κ3) is 2.01. The maximum Gasteiger partial charge on any atom is 0.146 e. The van der Waals surface area contributed by atoms with E-state index < -0.39 is 11.6 Å². The molecule has 0 saturated carbocycles. The van der Waals surface area contributed by atoms with Crippen LogP contribution < -0.4 is 5.32 Å². The van der Waals surface area contributed by atoms with Crippen molar-refractivity contribution in [2.45, 2.75) is 12.5 Å². The number of anilines is 1. The Labute approximate surface area is 80.9 Å². The van der Waals surface area contributed by atoms with E-state index in [4.69, 9.17) is 4.74 Å². The van der Waals surface area contributed by atoms with E-state index in [0.29, 0.717) is 13.2 Å². The maximum absolute atomic E-state index is 13.2. The van der Waals surface area contributed by atoms with Crippen molar-refractivity contribution in [3.8, 4) is 0 Å². The molecule has 1 aliphatic rings. The summed E-state index contributed by atoms with van der Waals surface area (Å²) < 4.78 is 31.1. The lowest BCUT2D eigenvalue weighted by Gasteiger charge is -2.12. The first-order valence-corrected chi connectivity index (χ1v) is 4.55. The van der Waals surface area contributed by atoms with Crippen LogP contribution in [0.5, 0.6) is 0 Å². The van der Waals surface area contributed by atoms with Crippen molar-refractivity contribution in [2.75, 3.05) is 18.5 Å². The van der Waals surface area contributed by atoms with Crippen molar-refractivity contribution in [3.63, 3.8) is 0 Å². The van der Waals surface area contributed by atoms with Crippen LogP contribution in [0.15, 0.2) is 18.2 Å². The van der Waals surface area contributed by atoms with Gasteiger partial charge in [0, 0.05) is 6.61 Å². The molecule has 2 nitrogen and oxygen atoms in total. The summed E-state index contributed by atoms with van der Waals surface area (Å²) in [5.41, 5.74) is 0.209. The molecule has 0 amide bonds. The molecule has 1 aromatic carbocycles. The lowest BCUT2D eigenvalue weighted by molar-refractivity contribution is 0.195. The summed E-state index contributed by atoms with van der Waals surface area (Å²) in [6.45, 7) is 1.23. The Kier molecular flexibility index (Phi) is 2.63. The normalized spacial score (nSPS) is 21.1. The standard InChI is InChI=1S/C10H11F2NO/c11-7-1-2-9(12)10(5-7)13-8-3-4-14-6-8/h1-2,5,8,13H,3-4,6H2. The van der Waals surface area contributed by atoms with E-state index in [0.717, 1.165) is 24.6 Å². The third-order valence-electron chi connectivity index (χ3n) is 2.22. The zero-order valence-corrected chi connectivity index (χ0v) is 7.59. The smallest absolute Gasteiger partial charge is 0.146 e. The second kappa shape index (κ2) is 3.92. The van der Waals surface area contributed by atoms with Crippen LogP contribution in [-0.2, 0) is 4.74 Å². The highest BCUT2D eigenvalue weighted by Crippen LogP contribution is 2.18. The zero-order chi connectivity index (χ0) is 9.97. The van der Waals surface area contributed by atoms with E-state index in [1.807, 2.05) is 0 Å². The SMILES string of the molecule is Fc1ccc(F)c(NC2CCOC2)c1. The van der Waals surface area contributed by atoms with Crippen molar-refractivity contribution in [3.05, 3.63) is 29.8 Å². The van der Waals surface area contributed by atoms with Crippen molar-refractivity contribution >= 4 is 5.69 Å². The first kappa shape index (κ1) is 9.40. The largest absolute Gasteiger partial charge is 0.379 e. The van der Waals surface area contributed by atoms with E-state index in [1.54, 1.807) is 0 Å². The van der Waals surface area contributed by atoms with E-state index >= 15 is 0 Å². The monoisotopic (exact) mass is 199 g/mol. The number of hydrogen-bond acceptors (Lipinski definition) is 2. The number of ether oxygens (including phenoxy) is 1. The van der Waals surface area contributed by atoms with Gasteiger partial charge in [0.1, 0.15) is 11.6 Å². The van der Waals surface area contributed by atoms with Crippen molar-refractivity contribution in [1.29, 1.82) is 0 Å². The Bertz CT molecular complexity index is 324. The molecular weight excluding hydrogens is 188 g/mol. The summed E-state index contributed by atoms with van der Waals surface area (Å²) in [7, 11) is 0. The summed E-state index contributed by atoms with van der Waals surface area (Å²) in [6, 6.07) is 3.47. The Morgan fingerprint density at radius 3 is 2.93 bits per heavy atom. The van der Waals surface area contributed by atoms with Gasteiger partial charge in [0.15, 0.2) is 0 Å². The molecular formula is C10H11F2NO. The van der Waals surface area contributed by atoms with Crippen molar-refractivity contribution in [1.82, 2.24) is 0 Å². The van der Waals surface area contributed by atoms with Crippen LogP contribution in [0, 0.1) is 11.6 Å². The number of benzene rings is 1. The van der Waals surface area contributed by atoms with Crippen LogP contribution in [0.2, 0.25) is 0 Å². The number of nitrogens with one attached hydrogen (secondary N) is 1. The highest BCUT2D eigenvalue weighted by molar-refractivity contribution is 5.45. The maximum atomic E-state index is 13.2. The zero-order valence-electron chi connectivity index (χ0n) is 7.59. The van der Waals surface area contributed by atoms with Gasteiger partial charge in [0.2, 0.25) is 0 Å². The molecule has 76 valence electrons. The quantitative estimate of drug-likeness (QED) is 0.788. The average Bonchev–Trinajstić information content (AvgIpc) is 2.64. The predicted octanol–water partition coefficient (Wildman–Crippen LogP) is 2.17. The summed E-state index contributed by atoms with van der Waals surface area (Å²) in [6.07, 6.45) is 0.829. The fraction of sp³-hybridized carbons (Fsp3) is 0.400. The molecule has 1 aromatic rings. The molecule has 1 heterocycles. The number of halogens is 2. The third-order valence-corrected chi connectivity index (χ3v) is 2.22. The van der Waals surface area contributed by atoms with Crippen LogP contribution in [0.25, 0.3) is 0 Å². The van der Waals surface area contributed by atoms with Gasteiger partial charge in [-0.3, -0.25) is 0 Å². The second-order valence-corrected chi connectivity index (χ2v) is 3.33. The van der Waals surface area contributed by atoms with Crippen molar-refractivity contribution < 1.29 is 13.5 Å². The van der Waals surface area contributed by atoms with Crippen molar-refractivity contribution in [2.24, 2.45) is 0 Å². The molecule has 1 atom stereocenters. The summed E-state index contributed by atoms with van der Waals surface area (Å²) in [5, 5.41) is 2.91. The first-order chi connectivity index (χ1) is 6.75. The minimum absolute atomic E-state index is 0.0892. The van der Waals surface area contributed by atoms with Gasteiger partial charge in [0.25, 0.3) is 0 Å². The molecule has 0 bridgehead atoms. The van der Waals surface area contributed by atoms with Gasteiger partial charge in [-0.1, -0.05) is 0 Å². The number of hydrogen-bond donors (Lipinski definition) is 1. The van der Waals surface area contributed by atoms with Crippen LogP contribution >= 0.6 is 0 Å². The van der Waals surface area contributed by atoms with E-state index in [1.165, 1.54) is 0 Å². The Balaban J connectivity index is 2.10. The first-order valence-electron chi connectivity index (χ1n) is 4.55. The predicted molar refractivity (Wildman–Crippen MR) is 49.2 cm³/mol. The molecule has 14 heavy (non-hydrogen) atoms. The Hall–Kier alpha value is -1.16. The van der Waals surface area contributed by atoms with E-state index in [-0.39, 0.29) is 11.7 Å². The summed E-state index contributed by atoms with van der Waals surface area (Å²) in [5.74, 6) is -0.869. The molecule has 1 unspecified atom stereocenters. The summed E-state index contributed by atoms with van der Waals surface area (Å²) >= 11 is 0. The summed E-state index contributed by atoms with van der Waals surface area (Å²) in [4.78, 5) is 0. The fourth-order valence-electron chi connectivity index (χ4n) is 1.48. The fourth-order valence-corrected chi connectivity index (χ4v) is 1.48. The second-order valence-electron chi connectivity index (χ2n) is 3.33. The van der Waals surface area contributed by atoms with Crippen LogP contribution in [0.3, 0.4) is 0 Å². The Morgan fingerprint density at radius 1 is 1.36 bits per heavy atom. The van der Waals surface area contributed by atoms with Crippen LogP contribution in [0.1, 0.15) is 6.42 Å². The molecule has 1 fully saturated rings. The van der Waals surface area contributed by atoms with E-state index in [2.05, 4.69) is 5.32 Å². The van der Waals surface area contributed by atoms with Gasteiger partial charge in [-0.25, -0.2) is 8.78 Å². The molecule has 4 heteroatoms. The van der Waals surface area contributed by atoms with Crippen LogP contribution in [0.4, 0.5) is 14.5 Å². The Morgan fingerprint density at radius 2 is 2.21 bits per heavy atom. The molecule has 1 aliphatic heterocycles. The van der Waals surface area contributed by atoms with Gasteiger partial charge < -0.3 is 10.1 Å². The molecule has 1 N–H and O–H groups in total. The minimum atomic E-state index is -0.437. The average molecular weight is 199 g/mol. The van der Waals surface area contributed by atoms with Gasteiger partial charge in [-0.05, 0) is 24.6 Å². The lowest BCUT2D eigenvalue weighted by Crippen LogP contribution is -2.19. The molecule has 1 saturated heterocycles. The number of rotatable bonds is 2. The van der Waals surface area contributed by atoms with Gasteiger partial charge in [-0.15, -0.1) is 0 Å². The van der Waals surface area contributed by atoms with Gasteiger partial charge >= 0.3 is 0 Å². The molecule has 0 spiro atoms. The lowest BCUT2D eigenvalue weighted by atomic mass is 10.2. The minimum Gasteiger partial charge on any atom is -0.379 e. The highest BCUT2D eigenvalue weighted by atomic mass is 19.1.